The highest BCUT2D eigenvalue weighted by atomic mass is 16.9. The fraction of sp³-hybridized carbons (Fsp3) is 0.425. The summed E-state index contributed by atoms with van der Waals surface area (Å²) < 4.78 is 40.3. The molecule has 3 atom stereocenters. The van der Waals surface area contributed by atoms with Crippen molar-refractivity contribution in [2.24, 2.45) is 5.92 Å². The molecule has 0 aromatic heterocycles. The lowest BCUT2D eigenvalue weighted by Gasteiger charge is -2.38. The molecule has 0 amide bonds. The summed E-state index contributed by atoms with van der Waals surface area (Å²) in [5.74, 6) is 2.11. The highest BCUT2D eigenvalue weighted by Crippen LogP contribution is 2.35. The van der Waals surface area contributed by atoms with E-state index in [4.69, 9.17) is 33.2 Å². The molecule has 3 unspecified atom stereocenters. The maximum absolute atomic E-state index is 12.5. The largest absolute Gasteiger partial charge is 0.508 e. The van der Waals surface area contributed by atoms with Crippen molar-refractivity contribution in [3.05, 3.63) is 112 Å². The molecule has 1 N–H and O–H groups in total. The van der Waals surface area contributed by atoms with Gasteiger partial charge in [-0.3, -0.25) is 0 Å². The summed E-state index contributed by atoms with van der Waals surface area (Å²) in [4.78, 5) is 27.1. The van der Waals surface area contributed by atoms with E-state index in [9.17, 15) is 14.9 Å². The third-order valence-corrected chi connectivity index (χ3v) is 9.02. The summed E-state index contributed by atoms with van der Waals surface area (Å²) in [7, 11) is 3.32. The molecule has 1 heterocycles. The van der Waals surface area contributed by atoms with Crippen molar-refractivity contribution in [1.29, 1.82) is 0 Å². The Morgan fingerprint density at radius 3 is 2.40 bits per heavy atom. The van der Waals surface area contributed by atoms with Crippen molar-refractivity contribution in [3.63, 3.8) is 0 Å². The van der Waals surface area contributed by atoms with Crippen molar-refractivity contribution < 1.29 is 47.9 Å². The number of benzene rings is 4. The van der Waals surface area contributed by atoms with Gasteiger partial charge in [0.15, 0.2) is 0 Å². The number of fused-ring (bicyclic) bond motifs is 1. The Kier molecular flexibility index (Phi) is 15.4. The molecule has 284 valence electrons. The molecule has 0 bridgehead atoms. The van der Waals surface area contributed by atoms with Crippen LogP contribution in [0.15, 0.2) is 84.9 Å². The molecule has 13 heteroatoms. The number of hydrogen-bond acceptors (Lipinski definition) is 12. The zero-order valence-electron chi connectivity index (χ0n) is 30.2. The predicted octanol–water partition coefficient (Wildman–Crippen LogP) is 6.87. The minimum atomic E-state index is -0.844. The molecule has 0 saturated carbocycles. The average molecular weight is 733 g/mol. The number of ether oxygens (including phenoxy) is 7. The van der Waals surface area contributed by atoms with E-state index in [1.54, 1.807) is 14.2 Å². The van der Waals surface area contributed by atoms with E-state index in [-0.39, 0.29) is 37.8 Å². The van der Waals surface area contributed by atoms with Gasteiger partial charge in [-0.25, -0.2) is 4.79 Å². The quantitative estimate of drug-likeness (QED) is 0.0413. The standard InChI is InChI=1S/C40H48N2O11/c1-46-36-13-6-4-11-32(36)27-48-18-9-20-49-34-16-14-30(15-17-34)39-33(28-52-40(43)50-19-7-8-21-53-42(44)45)24-41-25-38(39)51-26-29-22-31-10-3-5-12-35(31)37(23-29)47-2/h3-6,10-17,22-23,33,38-39,41H,7-9,18-21,24-28H2,1-2H3. The maximum Gasteiger partial charge on any atom is 0.508 e. The zero-order valence-corrected chi connectivity index (χ0v) is 30.2. The van der Waals surface area contributed by atoms with Gasteiger partial charge >= 0.3 is 6.16 Å². The summed E-state index contributed by atoms with van der Waals surface area (Å²) >= 11 is 0. The van der Waals surface area contributed by atoms with Crippen molar-refractivity contribution in [1.82, 2.24) is 5.32 Å². The van der Waals surface area contributed by atoms with Crippen molar-refractivity contribution in [2.75, 3.05) is 60.3 Å². The van der Waals surface area contributed by atoms with Crippen LogP contribution in [0.25, 0.3) is 10.8 Å². The van der Waals surface area contributed by atoms with E-state index in [2.05, 4.69) is 22.3 Å². The van der Waals surface area contributed by atoms with E-state index in [0.29, 0.717) is 52.4 Å². The SMILES string of the molecule is COc1ccccc1COCCCOc1ccc(C2C(COC(=O)OCCCCO[N+](=O)[O-])CNCC2OCc2cc(OC)c3ccccc3c2)cc1. The Morgan fingerprint density at radius 1 is 0.811 bits per heavy atom. The molecule has 4 aromatic carbocycles. The summed E-state index contributed by atoms with van der Waals surface area (Å²) in [5, 5.41) is 15.0. The second-order valence-corrected chi connectivity index (χ2v) is 12.6. The van der Waals surface area contributed by atoms with Crippen LogP contribution < -0.4 is 19.5 Å². The smallest absolute Gasteiger partial charge is 0.496 e. The maximum atomic E-state index is 12.5. The highest BCUT2D eigenvalue weighted by Gasteiger charge is 2.36. The van der Waals surface area contributed by atoms with E-state index >= 15 is 0 Å². The minimum absolute atomic E-state index is 0.0583. The van der Waals surface area contributed by atoms with Crippen LogP contribution in [-0.2, 0) is 37.0 Å². The molecule has 53 heavy (non-hydrogen) atoms. The Morgan fingerprint density at radius 2 is 1.58 bits per heavy atom. The summed E-state index contributed by atoms with van der Waals surface area (Å²) in [5.41, 5.74) is 3.02. The van der Waals surface area contributed by atoms with Crippen LogP contribution in [-0.4, -0.2) is 77.7 Å². The van der Waals surface area contributed by atoms with Crippen molar-refractivity contribution >= 4 is 16.9 Å². The first kappa shape index (κ1) is 39.1. The molecule has 13 nitrogen and oxygen atoms in total. The summed E-state index contributed by atoms with van der Waals surface area (Å²) in [6.45, 7) is 3.21. The van der Waals surface area contributed by atoms with E-state index in [1.165, 1.54) is 0 Å². The number of rotatable bonds is 21. The van der Waals surface area contributed by atoms with Crippen molar-refractivity contribution in [2.45, 2.75) is 44.5 Å². The zero-order chi connectivity index (χ0) is 37.3. The fourth-order valence-corrected chi connectivity index (χ4v) is 6.43. The molecule has 5 rings (SSSR count). The first-order valence-electron chi connectivity index (χ1n) is 17.8. The number of methoxy groups -OCH3 is 2. The fourth-order valence-electron chi connectivity index (χ4n) is 6.43. The normalized spacial score (nSPS) is 16.8. The topological polar surface area (TPSA) is 146 Å². The van der Waals surface area contributed by atoms with E-state index in [0.717, 1.165) is 51.1 Å². The lowest BCUT2D eigenvalue weighted by molar-refractivity contribution is -0.757. The molecular formula is C40H48N2O11. The summed E-state index contributed by atoms with van der Waals surface area (Å²) in [6, 6.07) is 28.0. The molecule has 1 fully saturated rings. The van der Waals surface area contributed by atoms with Crippen LogP contribution in [0.4, 0.5) is 4.79 Å². The monoisotopic (exact) mass is 732 g/mol. The van der Waals surface area contributed by atoms with Gasteiger partial charge in [-0.05, 0) is 59.7 Å². The predicted molar refractivity (Wildman–Crippen MR) is 197 cm³/mol. The van der Waals surface area contributed by atoms with Gasteiger partial charge in [-0.15, -0.1) is 10.1 Å². The molecule has 4 aromatic rings. The number of unbranched alkanes of at least 4 members (excludes halogenated alkanes) is 1. The molecule has 0 aliphatic carbocycles. The Bertz CT molecular complexity index is 1740. The molecule has 0 radical (unpaired) electrons. The van der Waals surface area contributed by atoms with Crippen LogP contribution >= 0.6 is 0 Å². The van der Waals surface area contributed by atoms with Gasteiger partial charge in [0.1, 0.15) is 17.2 Å². The van der Waals surface area contributed by atoms with Gasteiger partial charge in [0, 0.05) is 42.3 Å². The summed E-state index contributed by atoms with van der Waals surface area (Å²) in [6.07, 6.45) is 0.488. The number of carbonyl (C=O) groups excluding carboxylic acids is 1. The van der Waals surface area contributed by atoms with Gasteiger partial charge in [0.2, 0.25) is 0 Å². The molecule has 1 aliphatic rings. The average Bonchev–Trinajstić information content (AvgIpc) is 3.18. The van der Waals surface area contributed by atoms with Crippen molar-refractivity contribution in [3.8, 4) is 17.2 Å². The number of piperidine rings is 1. The van der Waals surface area contributed by atoms with E-state index in [1.807, 2.05) is 72.8 Å². The van der Waals surface area contributed by atoms with Crippen LogP contribution in [0.5, 0.6) is 17.2 Å². The number of carbonyl (C=O) groups is 1. The third-order valence-electron chi connectivity index (χ3n) is 9.02. The first-order valence-corrected chi connectivity index (χ1v) is 17.8. The van der Waals surface area contributed by atoms with Crippen LogP contribution in [0, 0.1) is 16.0 Å². The van der Waals surface area contributed by atoms with Gasteiger partial charge in [0.25, 0.3) is 5.09 Å². The number of hydrogen-bond donors (Lipinski definition) is 1. The number of nitrogens with zero attached hydrogens (tertiary/aromatic N) is 1. The van der Waals surface area contributed by atoms with Crippen LogP contribution in [0.3, 0.4) is 0 Å². The number of para-hydroxylation sites is 1. The van der Waals surface area contributed by atoms with E-state index < -0.39 is 11.2 Å². The first-order chi connectivity index (χ1) is 25.9. The lowest BCUT2D eigenvalue weighted by atomic mass is 9.79. The lowest BCUT2D eigenvalue weighted by Crippen LogP contribution is -2.48. The van der Waals surface area contributed by atoms with Crippen LogP contribution in [0.2, 0.25) is 0 Å². The minimum Gasteiger partial charge on any atom is -0.496 e. The Hall–Kier alpha value is -5.11. The second-order valence-electron chi connectivity index (χ2n) is 12.6. The van der Waals surface area contributed by atoms with Gasteiger partial charge in [-0.2, -0.15) is 0 Å². The van der Waals surface area contributed by atoms with Gasteiger partial charge < -0.3 is 43.3 Å². The molecular weight excluding hydrogens is 684 g/mol. The Balaban J connectivity index is 1.19. The molecule has 0 spiro atoms. The highest BCUT2D eigenvalue weighted by molar-refractivity contribution is 5.89. The van der Waals surface area contributed by atoms with Gasteiger partial charge in [0.05, 0.1) is 66.6 Å². The molecule has 1 saturated heterocycles. The number of nitrogens with one attached hydrogen (secondary N) is 1. The second kappa shape index (κ2) is 20.8. The molecule has 1 aliphatic heterocycles. The van der Waals surface area contributed by atoms with Gasteiger partial charge in [-0.1, -0.05) is 54.6 Å². The van der Waals surface area contributed by atoms with Crippen LogP contribution in [0.1, 0.15) is 41.9 Å². The third kappa shape index (κ3) is 12.0. The Labute approximate surface area is 309 Å².